The molecule has 0 N–H and O–H groups in total. The smallest absolute Gasteiger partial charge is 0.145 e. The second-order valence-electron chi connectivity index (χ2n) is 5.33. The predicted octanol–water partition coefficient (Wildman–Crippen LogP) is 5.97. The summed E-state index contributed by atoms with van der Waals surface area (Å²) >= 11 is 6.08. The number of para-hydroxylation sites is 2. The van der Waals surface area contributed by atoms with Crippen molar-refractivity contribution in [1.82, 2.24) is 0 Å². The summed E-state index contributed by atoms with van der Waals surface area (Å²) in [6.45, 7) is 0. The van der Waals surface area contributed by atoms with Gasteiger partial charge in [0.05, 0.1) is 19.2 Å². The van der Waals surface area contributed by atoms with Crippen LogP contribution in [-0.2, 0) is 0 Å². The first-order valence-electron chi connectivity index (χ1n) is 7.52. The Morgan fingerprint density at radius 1 is 0.720 bits per heavy atom. The highest BCUT2D eigenvalue weighted by molar-refractivity contribution is 6.32. The molecule has 0 saturated carbocycles. The Morgan fingerprint density at radius 3 is 1.96 bits per heavy atom. The topological polar surface area (TPSA) is 18.5 Å². The molecule has 0 bridgehead atoms. The van der Waals surface area contributed by atoms with E-state index in [9.17, 15) is 8.78 Å². The molecule has 0 amide bonds. The first-order valence-corrected chi connectivity index (χ1v) is 7.90. The lowest BCUT2D eigenvalue weighted by Crippen LogP contribution is -1.96. The summed E-state index contributed by atoms with van der Waals surface area (Å²) < 4.78 is 40.0. The highest BCUT2D eigenvalue weighted by Gasteiger charge is 2.18. The van der Waals surface area contributed by atoms with Gasteiger partial charge < -0.3 is 9.47 Å². The molecule has 0 aliphatic carbocycles. The van der Waals surface area contributed by atoms with E-state index in [-0.39, 0.29) is 11.1 Å². The van der Waals surface area contributed by atoms with Crippen molar-refractivity contribution in [2.75, 3.05) is 14.2 Å². The molecule has 5 heteroatoms. The van der Waals surface area contributed by atoms with E-state index in [4.69, 9.17) is 21.1 Å². The molecule has 0 atom stereocenters. The minimum atomic E-state index is -0.581. The summed E-state index contributed by atoms with van der Waals surface area (Å²) in [6, 6.07) is 14.1. The van der Waals surface area contributed by atoms with Gasteiger partial charge in [-0.15, -0.1) is 0 Å². The molecule has 0 spiro atoms. The lowest BCUT2D eigenvalue weighted by molar-refractivity contribution is 0.416. The summed E-state index contributed by atoms with van der Waals surface area (Å²) in [5, 5.41) is 0.327. The first-order chi connectivity index (χ1) is 12.1. The molecule has 0 unspecified atom stereocenters. The van der Waals surface area contributed by atoms with E-state index in [1.165, 1.54) is 14.2 Å². The Bertz CT molecular complexity index is 926. The highest BCUT2D eigenvalue weighted by Crippen LogP contribution is 2.40. The van der Waals surface area contributed by atoms with Crippen LogP contribution in [0.15, 0.2) is 54.6 Å². The van der Waals surface area contributed by atoms with Gasteiger partial charge in [0, 0.05) is 22.3 Å². The van der Waals surface area contributed by atoms with Crippen LogP contribution < -0.4 is 9.47 Å². The van der Waals surface area contributed by atoms with Gasteiger partial charge in [-0.1, -0.05) is 41.9 Å². The van der Waals surface area contributed by atoms with Crippen LogP contribution in [0.1, 0.15) is 0 Å². The van der Waals surface area contributed by atoms with Crippen molar-refractivity contribution < 1.29 is 18.3 Å². The minimum absolute atomic E-state index is 0.0792. The van der Waals surface area contributed by atoms with E-state index in [1.807, 2.05) is 0 Å². The van der Waals surface area contributed by atoms with E-state index in [0.29, 0.717) is 27.6 Å². The largest absolute Gasteiger partial charge is 0.496 e. The van der Waals surface area contributed by atoms with Gasteiger partial charge in [0.25, 0.3) is 0 Å². The van der Waals surface area contributed by atoms with Gasteiger partial charge >= 0.3 is 0 Å². The number of rotatable bonds is 4. The van der Waals surface area contributed by atoms with Crippen LogP contribution in [0.5, 0.6) is 11.5 Å². The molecule has 0 heterocycles. The maximum absolute atomic E-state index is 14.8. The van der Waals surface area contributed by atoms with Crippen LogP contribution >= 0.6 is 11.6 Å². The van der Waals surface area contributed by atoms with Crippen molar-refractivity contribution >= 4 is 11.6 Å². The number of benzene rings is 3. The SMILES string of the molecule is COc1ccccc1-c1cc(F)c(-c2cccc(Cl)c2OC)cc1F. The summed E-state index contributed by atoms with van der Waals surface area (Å²) in [4.78, 5) is 0. The number of hydrogen-bond acceptors (Lipinski definition) is 2. The maximum atomic E-state index is 14.8. The molecule has 3 aromatic carbocycles. The second-order valence-corrected chi connectivity index (χ2v) is 5.74. The fourth-order valence-electron chi connectivity index (χ4n) is 2.76. The zero-order valence-electron chi connectivity index (χ0n) is 13.6. The van der Waals surface area contributed by atoms with Gasteiger partial charge in [-0.3, -0.25) is 0 Å². The fourth-order valence-corrected chi connectivity index (χ4v) is 3.01. The molecule has 128 valence electrons. The second kappa shape index (κ2) is 7.11. The Labute approximate surface area is 149 Å². The van der Waals surface area contributed by atoms with Crippen molar-refractivity contribution in [3.8, 4) is 33.8 Å². The van der Waals surface area contributed by atoms with Crippen molar-refractivity contribution in [2.45, 2.75) is 0 Å². The third-order valence-corrected chi connectivity index (χ3v) is 4.21. The van der Waals surface area contributed by atoms with E-state index in [2.05, 4.69) is 0 Å². The summed E-state index contributed by atoms with van der Waals surface area (Å²) in [6.07, 6.45) is 0. The predicted molar refractivity (Wildman–Crippen MR) is 95.3 cm³/mol. The highest BCUT2D eigenvalue weighted by atomic mass is 35.5. The van der Waals surface area contributed by atoms with E-state index >= 15 is 0 Å². The summed E-state index contributed by atoms with van der Waals surface area (Å²) in [5.74, 6) is -0.382. The Balaban J connectivity index is 2.19. The van der Waals surface area contributed by atoms with Crippen LogP contribution in [0, 0.1) is 11.6 Å². The zero-order valence-corrected chi connectivity index (χ0v) is 14.4. The first kappa shape index (κ1) is 17.2. The zero-order chi connectivity index (χ0) is 18.0. The average Bonchev–Trinajstić information content (AvgIpc) is 2.63. The molecular weight excluding hydrogens is 346 g/mol. The van der Waals surface area contributed by atoms with Gasteiger partial charge in [-0.2, -0.15) is 0 Å². The molecular formula is C20H15ClF2O2. The number of halogens is 3. The number of ether oxygens (including phenoxy) is 2. The van der Waals surface area contributed by atoms with E-state index in [1.54, 1.807) is 42.5 Å². The molecule has 0 radical (unpaired) electrons. The van der Waals surface area contributed by atoms with E-state index in [0.717, 1.165) is 12.1 Å². The van der Waals surface area contributed by atoms with Gasteiger partial charge in [0.15, 0.2) is 0 Å². The van der Waals surface area contributed by atoms with Gasteiger partial charge in [-0.25, -0.2) is 8.78 Å². The molecule has 0 aromatic heterocycles. The molecule has 0 saturated heterocycles. The quantitative estimate of drug-likeness (QED) is 0.570. The molecule has 2 nitrogen and oxygen atoms in total. The molecule has 0 aliphatic heterocycles. The van der Waals surface area contributed by atoms with Gasteiger partial charge in [-0.05, 0) is 24.3 Å². The van der Waals surface area contributed by atoms with Crippen LogP contribution in [0.3, 0.4) is 0 Å². The van der Waals surface area contributed by atoms with Crippen molar-refractivity contribution in [1.29, 1.82) is 0 Å². The molecule has 25 heavy (non-hydrogen) atoms. The fraction of sp³-hybridized carbons (Fsp3) is 0.100. The molecule has 0 aliphatic rings. The van der Waals surface area contributed by atoms with Crippen LogP contribution in [0.25, 0.3) is 22.3 Å². The summed E-state index contributed by atoms with van der Waals surface area (Å²) in [5.41, 5.74) is 1.07. The van der Waals surface area contributed by atoms with Crippen molar-refractivity contribution in [3.63, 3.8) is 0 Å². The molecule has 0 fully saturated rings. The number of methoxy groups -OCH3 is 2. The lowest BCUT2D eigenvalue weighted by atomic mass is 9.98. The van der Waals surface area contributed by atoms with Crippen molar-refractivity contribution in [3.05, 3.63) is 71.3 Å². The summed E-state index contributed by atoms with van der Waals surface area (Å²) in [7, 11) is 2.92. The Hall–Kier alpha value is -2.59. The van der Waals surface area contributed by atoms with Crippen LogP contribution in [0.2, 0.25) is 5.02 Å². The minimum Gasteiger partial charge on any atom is -0.496 e. The third kappa shape index (κ3) is 3.17. The molecule has 3 aromatic rings. The van der Waals surface area contributed by atoms with E-state index < -0.39 is 11.6 Å². The van der Waals surface area contributed by atoms with Gasteiger partial charge in [0.1, 0.15) is 23.1 Å². The van der Waals surface area contributed by atoms with Gasteiger partial charge in [0.2, 0.25) is 0 Å². The average molecular weight is 361 g/mol. The molecule has 3 rings (SSSR count). The normalized spacial score (nSPS) is 10.6. The van der Waals surface area contributed by atoms with Crippen molar-refractivity contribution in [2.24, 2.45) is 0 Å². The number of hydrogen-bond donors (Lipinski definition) is 0. The third-order valence-electron chi connectivity index (χ3n) is 3.92. The lowest BCUT2D eigenvalue weighted by Gasteiger charge is -2.14. The van der Waals surface area contributed by atoms with Crippen LogP contribution in [0.4, 0.5) is 8.78 Å². The Kier molecular flexibility index (Phi) is 4.91. The monoisotopic (exact) mass is 360 g/mol. The maximum Gasteiger partial charge on any atom is 0.145 e. The Morgan fingerprint density at radius 2 is 1.32 bits per heavy atom. The van der Waals surface area contributed by atoms with Crippen LogP contribution in [-0.4, -0.2) is 14.2 Å². The standard InChI is InChI=1S/C20H15ClF2O2/c1-24-19-9-4-3-6-12(19)14-10-18(23)15(11-17(14)22)13-7-5-8-16(21)20(13)25-2/h3-11H,1-2H3.